The smallest absolute Gasteiger partial charge is 0.265 e. The van der Waals surface area contributed by atoms with E-state index in [1.807, 2.05) is 48.5 Å². The maximum Gasteiger partial charge on any atom is 0.265 e. The Morgan fingerprint density at radius 2 is 1.75 bits per heavy atom. The SMILES string of the molecule is O=C(CO)c1ccc2c(c1)N(Cc1cccc(-c3ccccc3)c1)C(=O)CO2. The number of aliphatic hydroxyl groups excluding tert-OH is 1. The minimum atomic E-state index is -0.577. The predicted octanol–water partition coefficient (Wildman–Crippen LogP) is 3.45. The number of hydrogen-bond donors (Lipinski definition) is 1. The van der Waals surface area contributed by atoms with Gasteiger partial charge in [0.25, 0.3) is 5.91 Å². The number of ketones is 1. The van der Waals surface area contributed by atoms with Crippen molar-refractivity contribution in [1.29, 1.82) is 0 Å². The van der Waals surface area contributed by atoms with E-state index >= 15 is 0 Å². The van der Waals surface area contributed by atoms with Gasteiger partial charge in [-0.3, -0.25) is 9.59 Å². The topological polar surface area (TPSA) is 66.8 Å². The van der Waals surface area contributed by atoms with Gasteiger partial charge in [-0.1, -0.05) is 48.5 Å². The first-order chi connectivity index (χ1) is 13.7. The van der Waals surface area contributed by atoms with Crippen LogP contribution in [0.1, 0.15) is 15.9 Å². The van der Waals surface area contributed by atoms with Gasteiger partial charge in [0, 0.05) is 5.56 Å². The van der Waals surface area contributed by atoms with Crippen molar-refractivity contribution in [1.82, 2.24) is 0 Å². The van der Waals surface area contributed by atoms with Gasteiger partial charge < -0.3 is 14.7 Å². The molecule has 0 aliphatic carbocycles. The predicted molar refractivity (Wildman–Crippen MR) is 106 cm³/mol. The average molecular weight is 373 g/mol. The number of anilines is 1. The maximum atomic E-state index is 12.5. The van der Waals surface area contributed by atoms with Gasteiger partial charge in [-0.15, -0.1) is 0 Å². The zero-order valence-corrected chi connectivity index (χ0v) is 15.2. The second kappa shape index (κ2) is 7.66. The molecule has 0 atom stereocenters. The Labute approximate surface area is 162 Å². The summed E-state index contributed by atoms with van der Waals surface area (Å²) < 4.78 is 5.50. The van der Waals surface area contributed by atoms with Gasteiger partial charge in [-0.25, -0.2) is 0 Å². The molecule has 5 heteroatoms. The number of aliphatic hydroxyl groups is 1. The highest BCUT2D eigenvalue weighted by atomic mass is 16.5. The van der Waals surface area contributed by atoms with Crippen molar-refractivity contribution in [2.75, 3.05) is 18.1 Å². The van der Waals surface area contributed by atoms with Crippen molar-refractivity contribution in [3.05, 3.63) is 83.9 Å². The van der Waals surface area contributed by atoms with E-state index in [9.17, 15) is 9.59 Å². The van der Waals surface area contributed by atoms with Crippen molar-refractivity contribution >= 4 is 17.4 Å². The number of amides is 1. The highest BCUT2D eigenvalue weighted by Gasteiger charge is 2.26. The molecule has 0 saturated carbocycles. The lowest BCUT2D eigenvalue weighted by Crippen LogP contribution is -2.38. The second-order valence-corrected chi connectivity index (χ2v) is 6.60. The van der Waals surface area contributed by atoms with E-state index in [1.165, 1.54) is 0 Å². The Kier molecular flexibility index (Phi) is 4.91. The summed E-state index contributed by atoms with van der Waals surface area (Å²) >= 11 is 0. The Morgan fingerprint density at radius 1 is 0.964 bits per heavy atom. The van der Waals surface area contributed by atoms with Crippen molar-refractivity contribution in [3.63, 3.8) is 0 Å². The van der Waals surface area contributed by atoms with Crippen LogP contribution in [-0.2, 0) is 11.3 Å². The zero-order chi connectivity index (χ0) is 19.5. The van der Waals surface area contributed by atoms with Crippen molar-refractivity contribution in [3.8, 4) is 16.9 Å². The molecular formula is C23H19NO4. The first kappa shape index (κ1) is 17.9. The highest BCUT2D eigenvalue weighted by molar-refractivity contribution is 6.02. The van der Waals surface area contributed by atoms with Crippen molar-refractivity contribution in [2.24, 2.45) is 0 Å². The van der Waals surface area contributed by atoms with Crippen molar-refractivity contribution < 1.29 is 19.4 Å². The van der Waals surface area contributed by atoms with Crippen LogP contribution in [0, 0.1) is 0 Å². The lowest BCUT2D eigenvalue weighted by Gasteiger charge is -2.30. The second-order valence-electron chi connectivity index (χ2n) is 6.60. The monoisotopic (exact) mass is 373 g/mol. The van der Waals surface area contributed by atoms with Crippen LogP contribution in [0.15, 0.2) is 72.8 Å². The molecule has 140 valence electrons. The van der Waals surface area contributed by atoms with Gasteiger partial charge >= 0.3 is 0 Å². The Balaban J connectivity index is 1.67. The third kappa shape index (κ3) is 3.52. The molecule has 1 N–H and O–H groups in total. The fourth-order valence-corrected chi connectivity index (χ4v) is 3.30. The molecule has 1 amide bonds. The first-order valence-corrected chi connectivity index (χ1v) is 9.01. The summed E-state index contributed by atoms with van der Waals surface area (Å²) in [7, 11) is 0. The molecule has 4 rings (SSSR count). The van der Waals surface area contributed by atoms with Gasteiger partial charge in [-0.05, 0) is 41.0 Å². The number of rotatable bonds is 5. The molecule has 1 aliphatic rings. The number of ether oxygens (including phenoxy) is 1. The van der Waals surface area contributed by atoms with Gasteiger partial charge in [0.05, 0.1) is 12.2 Å². The lowest BCUT2D eigenvalue weighted by atomic mass is 10.0. The van der Waals surface area contributed by atoms with Crippen LogP contribution >= 0.6 is 0 Å². The number of carbonyl (C=O) groups excluding carboxylic acids is 2. The molecule has 0 spiro atoms. The van der Waals surface area contributed by atoms with Gasteiger partial charge in [-0.2, -0.15) is 0 Å². The molecule has 1 heterocycles. The zero-order valence-electron chi connectivity index (χ0n) is 15.2. The van der Waals surface area contributed by atoms with E-state index in [2.05, 4.69) is 6.07 Å². The summed E-state index contributed by atoms with van der Waals surface area (Å²) in [5.74, 6) is -0.0219. The van der Waals surface area contributed by atoms with E-state index in [0.717, 1.165) is 16.7 Å². The summed E-state index contributed by atoms with van der Waals surface area (Å²) in [5.41, 5.74) is 4.04. The summed E-state index contributed by atoms with van der Waals surface area (Å²) in [5, 5.41) is 9.12. The number of carbonyl (C=O) groups is 2. The minimum Gasteiger partial charge on any atom is -0.482 e. The van der Waals surface area contributed by atoms with E-state index in [0.29, 0.717) is 23.5 Å². The molecule has 0 bridgehead atoms. The van der Waals surface area contributed by atoms with E-state index < -0.39 is 12.4 Å². The van der Waals surface area contributed by atoms with E-state index in [4.69, 9.17) is 9.84 Å². The van der Waals surface area contributed by atoms with Crippen LogP contribution in [-0.4, -0.2) is 30.0 Å². The largest absolute Gasteiger partial charge is 0.482 e. The molecule has 1 aliphatic heterocycles. The van der Waals surface area contributed by atoms with Gasteiger partial charge in [0.1, 0.15) is 12.4 Å². The van der Waals surface area contributed by atoms with E-state index in [1.54, 1.807) is 23.1 Å². The number of hydrogen-bond acceptors (Lipinski definition) is 4. The Morgan fingerprint density at radius 3 is 2.54 bits per heavy atom. The van der Waals surface area contributed by atoms with Crippen LogP contribution in [0.2, 0.25) is 0 Å². The third-order valence-electron chi connectivity index (χ3n) is 4.74. The Bertz CT molecular complexity index is 1030. The molecule has 3 aromatic carbocycles. The fraction of sp³-hybridized carbons (Fsp3) is 0.130. The highest BCUT2D eigenvalue weighted by Crippen LogP contribution is 2.34. The van der Waals surface area contributed by atoms with Gasteiger partial charge in [0.2, 0.25) is 0 Å². The summed E-state index contributed by atoms with van der Waals surface area (Å²) in [4.78, 5) is 26.0. The average Bonchev–Trinajstić information content (AvgIpc) is 2.75. The van der Waals surface area contributed by atoms with Crippen LogP contribution in [0.4, 0.5) is 5.69 Å². The third-order valence-corrected chi connectivity index (χ3v) is 4.74. The molecule has 0 saturated heterocycles. The molecule has 0 aromatic heterocycles. The first-order valence-electron chi connectivity index (χ1n) is 9.01. The van der Waals surface area contributed by atoms with E-state index in [-0.39, 0.29) is 12.5 Å². The summed E-state index contributed by atoms with van der Waals surface area (Å²) in [6, 6.07) is 22.9. The molecule has 5 nitrogen and oxygen atoms in total. The Hall–Kier alpha value is -3.44. The number of benzene rings is 3. The van der Waals surface area contributed by atoms with Crippen LogP contribution in [0.3, 0.4) is 0 Å². The number of Topliss-reactive ketones (excluding diaryl/α,β-unsaturated/α-hetero) is 1. The van der Waals surface area contributed by atoms with Crippen LogP contribution in [0.25, 0.3) is 11.1 Å². The van der Waals surface area contributed by atoms with Gasteiger partial charge in [0.15, 0.2) is 12.4 Å². The summed E-state index contributed by atoms with van der Waals surface area (Å²) in [6.07, 6.45) is 0. The number of nitrogens with zero attached hydrogens (tertiary/aromatic N) is 1. The van der Waals surface area contributed by atoms with Crippen molar-refractivity contribution in [2.45, 2.75) is 6.54 Å². The molecule has 3 aromatic rings. The normalized spacial score (nSPS) is 13.0. The minimum absolute atomic E-state index is 0.0430. The van der Waals surface area contributed by atoms with Crippen LogP contribution < -0.4 is 9.64 Å². The lowest BCUT2D eigenvalue weighted by molar-refractivity contribution is -0.121. The number of fused-ring (bicyclic) bond motifs is 1. The van der Waals surface area contributed by atoms with Crippen LogP contribution in [0.5, 0.6) is 5.75 Å². The molecular weight excluding hydrogens is 354 g/mol. The standard InChI is InChI=1S/C23H19NO4/c25-14-21(26)19-9-10-22-20(12-19)24(23(27)15-28-22)13-16-5-4-8-18(11-16)17-6-2-1-3-7-17/h1-12,25H,13-15H2. The molecule has 28 heavy (non-hydrogen) atoms. The molecule has 0 unspecified atom stereocenters. The quantitative estimate of drug-likeness (QED) is 0.696. The molecule has 0 fully saturated rings. The maximum absolute atomic E-state index is 12.5. The summed E-state index contributed by atoms with van der Waals surface area (Å²) in [6.45, 7) is -0.252. The molecule has 0 radical (unpaired) electrons. The fourth-order valence-electron chi connectivity index (χ4n) is 3.30.